The highest BCUT2D eigenvalue weighted by Crippen LogP contribution is 2.33. The van der Waals surface area contributed by atoms with Gasteiger partial charge in [-0.25, -0.2) is 9.59 Å². The van der Waals surface area contributed by atoms with Crippen LogP contribution in [0.4, 0.5) is 5.00 Å². The smallest absolute Gasteiger partial charge is 0.341 e. The molecule has 0 aliphatic carbocycles. The van der Waals surface area contributed by atoms with E-state index in [0.29, 0.717) is 5.00 Å². The Kier molecular flexibility index (Phi) is 6.10. The van der Waals surface area contributed by atoms with Gasteiger partial charge in [-0.05, 0) is 18.9 Å². The summed E-state index contributed by atoms with van der Waals surface area (Å²) in [4.78, 5) is 34.8. The zero-order valence-electron chi connectivity index (χ0n) is 12.0. The summed E-state index contributed by atoms with van der Waals surface area (Å²) < 4.78 is 4.95. The number of carboxylic acids is 1. The van der Waals surface area contributed by atoms with Crippen molar-refractivity contribution in [1.29, 1.82) is 0 Å². The minimum Gasteiger partial charge on any atom is -0.478 e. The number of esters is 1. The number of carboxylic acid groups (broad SMARTS) is 1. The Morgan fingerprint density at radius 3 is 2.57 bits per heavy atom. The van der Waals surface area contributed by atoms with Crippen LogP contribution >= 0.6 is 11.3 Å². The first-order valence-electron chi connectivity index (χ1n) is 6.38. The lowest BCUT2D eigenvalue weighted by Gasteiger charge is -2.03. The predicted molar refractivity (Wildman–Crippen MR) is 79.8 cm³/mol. The molecule has 0 saturated heterocycles. The Balaban J connectivity index is 3.01. The van der Waals surface area contributed by atoms with E-state index in [4.69, 9.17) is 9.84 Å². The van der Waals surface area contributed by atoms with Gasteiger partial charge in [-0.15, -0.1) is 11.3 Å². The second-order valence-corrected chi connectivity index (χ2v) is 5.51. The third-order valence-electron chi connectivity index (χ3n) is 2.43. The molecule has 7 heteroatoms. The van der Waals surface area contributed by atoms with Gasteiger partial charge in [-0.1, -0.05) is 13.8 Å². The van der Waals surface area contributed by atoms with Gasteiger partial charge < -0.3 is 15.2 Å². The highest BCUT2D eigenvalue weighted by molar-refractivity contribution is 7.16. The molecule has 0 saturated carbocycles. The van der Waals surface area contributed by atoms with E-state index < -0.39 is 17.8 Å². The largest absolute Gasteiger partial charge is 0.478 e. The van der Waals surface area contributed by atoms with Crippen molar-refractivity contribution in [3.05, 3.63) is 28.7 Å². The van der Waals surface area contributed by atoms with E-state index in [1.807, 2.05) is 13.8 Å². The van der Waals surface area contributed by atoms with Crippen LogP contribution in [0.1, 0.15) is 41.9 Å². The van der Waals surface area contributed by atoms with Crippen molar-refractivity contribution in [2.75, 3.05) is 11.9 Å². The lowest BCUT2D eigenvalue weighted by atomic mass is 10.1. The number of nitrogens with one attached hydrogen (secondary N) is 1. The molecular formula is C14H17NO5S. The number of aliphatic carboxylic acids is 1. The van der Waals surface area contributed by atoms with Crippen molar-refractivity contribution < 1.29 is 24.2 Å². The third-order valence-corrected chi connectivity index (χ3v) is 3.78. The Labute approximate surface area is 126 Å². The van der Waals surface area contributed by atoms with Gasteiger partial charge in [0.15, 0.2) is 0 Å². The van der Waals surface area contributed by atoms with Crippen LogP contribution in [0, 0.1) is 0 Å². The molecule has 0 aliphatic heterocycles. The molecule has 1 aromatic rings. The lowest BCUT2D eigenvalue weighted by Crippen LogP contribution is -2.12. The zero-order chi connectivity index (χ0) is 16.0. The van der Waals surface area contributed by atoms with Crippen LogP contribution in [0.15, 0.2) is 18.2 Å². The minimum atomic E-state index is -1.22. The molecule has 0 atom stereocenters. The summed E-state index contributed by atoms with van der Waals surface area (Å²) in [5.41, 5.74) is 0.280. The Morgan fingerprint density at radius 2 is 2.05 bits per heavy atom. The molecule has 114 valence electrons. The summed E-state index contributed by atoms with van der Waals surface area (Å²) in [6.07, 6.45) is 1.63. The van der Waals surface area contributed by atoms with E-state index in [1.54, 1.807) is 13.0 Å². The molecule has 21 heavy (non-hydrogen) atoms. The van der Waals surface area contributed by atoms with Gasteiger partial charge in [0.25, 0.3) is 0 Å². The van der Waals surface area contributed by atoms with Crippen LogP contribution in [0.2, 0.25) is 0 Å². The van der Waals surface area contributed by atoms with E-state index in [9.17, 15) is 14.4 Å². The number of carbonyl (C=O) groups excluding carboxylic acids is 2. The average molecular weight is 311 g/mol. The molecule has 0 bridgehead atoms. The monoisotopic (exact) mass is 311 g/mol. The van der Waals surface area contributed by atoms with Gasteiger partial charge in [0.05, 0.1) is 12.2 Å². The van der Waals surface area contributed by atoms with Crippen molar-refractivity contribution in [1.82, 2.24) is 0 Å². The first kappa shape index (κ1) is 16.9. The second kappa shape index (κ2) is 7.58. The van der Waals surface area contributed by atoms with Crippen LogP contribution in [0.5, 0.6) is 0 Å². The molecule has 6 nitrogen and oxygen atoms in total. The number of rotatable bonds is 6. The van der Waals surface area contributed by atoms with Gasteiger partial charge in [-0.3, -0.25) is 4.79 Å². The number of amides is 1. The molecule has 0 aromatic carbocycles. The molecule has 0 radical (unpaired) electrons. The maximum Gasteiger partial charge on any atom is 0.341 e. The van der Waals surface area contributed by atoms with Crippen molar-refractivity contribution in [3.63, 3.8) is 0 Å². The molecule has 0 spiro atoms. The first-order valence-corrected chi connectivity index (χ1v) is 7.19. The Bertz CT molecular complexity index is 574. The van der Waals surface area contributed by atoms with Gasteiger partial charge in [0.1, 0.15) is 5.00 Å². The molecular weight excluding hydrogens is 294 g/mol. The number of anilines is 1. The maximum absolute atomic E-state index is 11.9. The highest BCUT2D eigenvalue weighted by Gasteiger charge is 2.19. The van der Waals surface area contributed by atoms with E-state index in [-0.39, 0.29) is 18.1 Å². The average Bonchev–Trinajstić information content (AvgIpc) is 2.81. The summed E-state index contributed by atoms with van der Waals surface area (Å²) in [6, 6.07) is 1.68. The molecule has 0 fully saturated rings. The number of carbonyl (C=O) groups is 3. The van der Waals surface area contributed by atoms with E-state index in [0.717, 1.165) is 17.0 Å². The SMILES string of the molecule is CCOC(=O)c1cc(C(C)C)sc1NC(=O)/C=C/C(=O)O. The topological polar surface area (TPSA) is 92.7 Å². The van der Waals surface area contributed by atoms with Gasteiger partial charge in [0, 0.05) is 17.0 Å². The Hall–Kier alpha value is -2.15. The fourth-order valence-electron chi connectivity index (χ4n) is 1.45. The second-order valence-electron chi connectivity index (χ2n) is 4.43. The molecule has 1 heterocycles. The minimum absolute atomic E-state index is 0.198. The number of ether oxygens (including phenoxy) is 1. The van der Waals surface area contributed by atoms with Crippen molar-refractivity contribution in [2.45, 2.75) is 26.7 Å². The predicted octanol–water partition coefficient (Wildman–Crippen LogP) is 2.63. The maximum atomic E-state index is 11.9. The van der Waals surface area contributed by atoms with Crippen molar-refractivity contribution in [2.24, 2.45) is 0 Å². The number of thiophene rings is 1. The fourth-order valence-corrected chi connectivity index (χ4v) is 2.50. The molecule has 0 unspecified atom stereocenters. The molecule has 1 amide bonds. The summed E-state index contributed by atoms with van der Waals surface area (Å²) in [6.45, 7) is 5.87. The van der Waals surface area contributed by atoms with Crippen LogP contribution < -0.4 is 5.32 Å². The van der Waals surface area contributed by atoms with Crippen molar-refractivity contribution >= 4 is 34.2 Å². The van der Waals surface area contributed by atoms with E-state index in [2.05, 4.69) is 5.32 Å². The van der Waals surface area contributed by atoms with Crippen LogP contribution in [0.25, 0.3) is 0 Å². The van der Waals surface area contributed by atoms with Gasteiger partial charge in [-0.2, -0.15) is 0 Å². The normalized spacial score (nSPS) is 10.9. The van der Waals surface area contributed by atoms with Gasteiger partial charge in [0.2, 0.25) is 5.91 Å². The third kappa shape index (κ3) is 5.03. The highest BCUT2D eigenvalue weighted by atomic mass is 32.1. The van der Waals surface area contributed by atoms with E-state index >= 15 is 0 Å². The zero-order valence-corrected chi connectivity index (χ0v) is 12.8. The molecule has 2 N–H and O–H groups in total. The summed E-state index contributed by atoms with van der Waals surface area (Å²) >= 11 is 1.27. The number of hydrogen-bond donors (Lipinski definition) is 2. The Morgan fingerprint density at radius 1 is 1.38 bits per heavy atom. The number of hydrogen-bond acceptors (Lipinski definition) is 5. The van der Waals surface area contributed by atoms with Crippen molar-refractivity contribution in [3.8, 4) is 0 Å². The molecule has 1 rings (SSSR count). The van der Waals surface area contributed by atoms with E-state index in [1.165, 1.54) is 11.3 Å². The van der Waals surface area contributed by atoms with Gasteiger partial charge >= 0.3 is 11.9 Å². The van der Waals surface area contributed by atoms with Crippen LogP contribution in [0.3, 0.4) is 0 Å². The summed E-state index contributed by atoms with van der Waals surface area (Å²) in [5, 5.41) is 11.3. The lowest BCUT2D eigenvalue weighted by molar-refractivity contribution is -0.131. The molecule has 1 aromatic heterocycles. The fraction of sp³-hybridized carbons (Fsp3) is 0.357. The standard InChI is InChI=1S/C14H17NO5S/c1-4-20-14(19)9-7-10(8(2)3)21-13(9)15-11(16)5-6-12(17)18/h5-8H,4H2,1-3H3,(H,15,16)(H,17,18)/b6-5+. The quantitative estimate of drug-likeness (QED) is 0.622. The molecule has 0 aliphatic rings. The first-order chi connectivity index (χ1) is 9.85. The summed E-state index contributed by atoms with van der Waals surface area (Å²) in [5.74, 6) is -2.15. The van der Waals surface area contributed by atoms with Crippen LogP contribution in [-0.2, 0) is 14.3 Å². The van der Waals surface area contributed by atoms with Crippen LogP contribution in [-0.4, -0.2) is 29.6 Å². The summed E-state index contributed by atoms with van der Waals surface area (Å²) in [7, 11) is 0.